The first kappa shape index (κ1) is 43.3. The molecule has 0 radical (unpaired) electrons. The van der Waals surface area contributed by atoms with Gasteiger partial charge in [-0.2, -0.15) is 0 Å². The van der Waals surface area contributed by atoms with E-state index in [0.717, 1.165) is 110 Å². The zero-order chi connectivity index (χ0) is 68.0. The van der Waals surface area contributed by atoms with Crippen molar-refractivity contribution in [3.8, 4) is 22.3 Å². The maximum atomic E-state index is 9.34. The third-order valence-electron chi connectivity index (χ3n) is 17.9. The molecule has 0 aliphatic heterocycles. The minimum atomic E-state index is -0.444. The zero-order valence-electron chi connectivity index (χ0n) is 61.0. The van der Waals surface area contributed by atoms with Crippen LogP contribution in [0.2, 0.25) is 0 Å². The van der Waals surface area contributed by atoms with Crippen LogP contribution in [0.5, 0.6) is 0 Å². The van der Waals surface area contributed by atoms with Crippen molar-refractivity contribution in [3.63, 3.8) is 0 Å². The van der Waals surface area contributed by atoms with E-state index in [1.165, 1.54) is 11.1 Å². The molecule has 0 aliphatic rings. The summed E-state index contributed by atoms with van der Waals surface area (Å²) in [6.07, 6.45) is 0. The summed E-state index contributed by atoms with van der Waals surface area (Å²) in [7, 11) is 0. The first-order chi connectivity index (χ1) is 45.4. The average molecular weight is 1130 g/mol. The molecule has 15 rings (SSSR count). The Labute approximate surface area is 519 Å². The van der Waals surface area contributed by atoms with Gasteiger partial charge in [0.05, 0.1) is 69.6 Å². The van der Waals surface area contributed by atoms with Crippen LogP contribution in [0, 0.1) is 0 Å². The molecule has 4 heterocycles. The van der Waals surface area contributed by atoms with Crippen LogP contribution in [0.3, 0.4) is 0 Å². The number of anilines is 6. The Morgan fingerprint density at radius 1 is 0.302 bits per heavy atom. The van der Waals surface area contributed by atoms with Crippen LogP contribution in [-0.4, -0.2) is 8.80 Å². The van der Waals surface area contributed by atoms with E-state index in [1.807, 2.05) is 48.5 Å². The van der Waals surface area contributed by atoms with E-state index in [1.54, 1.807) is 0 Å². The lowest BCUT2D eigenvalue weighted by Gasteiger charge is -2.30. The molecule has 0 aliphatic carbocycles. The van der Waals surface area contributed by atoms with Gasteiger partial charge < -0.3 is 18.6 Å². The minimum Gasteiger partial charge on any atom is -0.309 e. The fraction of sp³-hybridized carbons (Fsp3) is 0.195. The summed E-state index contributed by atoms with van der Waals surface area (Å²) in [5.74, 6) is 0. The smallest absolute Gasteiger partial charge is 0.0641 e. The van der Waals surface area contributed by atoms with Gasteiger partial charge in [0.1, 0.15) is 0 Å². The summed E-state index contributed by atoms with van der Waals surface area (Å²) in [4.78, 5) is 4.46. The van der Waals surface area contributed by atoms with E-state index in [2.05, 4.69) is 223 Å². The first-order valence-electron chi connectivity index (χ1n) is 34.9. The van der Waals surface area contributed by atoms with Crippen molar-refractivity contribution in [3.05, 3.63) is 253 Å². The molecule has 0 fully saturated rings. The van der Waals surface area contributed by atoms with Crippen LogP contribution >= 0.6 is 0 Å². The van der Waals surface area contributed by atoms with Crippen molar-refractivity contribution in [1.29, 1.82) is 0 Å². The SMILES string of the molecule is [2H]c1c([2H])c([2H])c(-c2ccccc2N(c2cccc(C(C)(C)C)c2)c2ccc3c4cc5c(cc4n4c6ccc(C(C)(C)C)cc6c2c34)c2ccc(N(c3cccc(C(C)(C)C)c3)c3ccccc3-c3c([2H])c([2H])c([2H])c([2H])c3[2H])c3c4cc(C(C)(C)C)ccc4n5c23)c([2H])c1[2H]. The van der Waals surface area contributed by atoms with E-state index >= 15 is 0 Å². The van der Waals surface area contributed by atoms with Crippen molar-refractivity contribution in [2.45, 2.75) is 105 Å². The van der Waals surface area contributed by atoms with Gasteiger partial charge >= 0.3 is 0 Å². The van der Waals surface area contributed by atoms with Crippen LogP contribution in [0.1, 0.15) is 119 Å². The molecule has 0 N–H and O–H groups in total. The molecule has 4 aromatic heterocycles. The van der Waals surface area contributed by atoms with Gasteiger partial charge in [-0.3, -0.25) is 0 Å². The van der Waals surface area contributed by atoms with E-state index in [0.29, 0.717) is 22.5 Å². The molecule has 0 saturated heterocycles. The van der Waals surface area contributed by atoms with Crippen LogP contribution < -0.4 is 9.80 Å². The van der Waals surface area contributed by atoms with Crippen molar-refractivity contribution in [2.24, 2.45) is 0 Å². The number of rotatable bonds is 8. The van der Waals surface area contributed by atoms with Gasteiger partial charge in [-0.15, -0.1) is 0 Å². The highest BCUT2D eigenvalue weighted by Crippen LogP contribution is 2.54. The lowest BCUT2D eigenvalue weighted by Crippen LogP contribution is -2.15. The summed E-state index contributed by atoms with van der Waals surface area (Å²) >= 11 is 0. The molecule has 11 aromatic carbocycles. The molecule has 0 saturated carbocycles. The molecular formula is C82H74N4. The fourth-order valence-corrected chi connectivity index (χ4v) is 13.4. The van der Waals surface area contributed by atoms with E-state index in [-0.39, 0.29) is 57.0 Å². The van der Waals surface area contributed by atoms with Gasteiger partial charge in [0.2, 0.25) is 0 Å². The van der Waals surface area contributed by atoms with Gasteiger partial charge in [-0.1, -0.05) is 228 Å². The number of nitrogens with zero attached hydrogens (tertiary/aromatic N) is 4. The summed E-state index contributed by atoms with van der Waals surface area (Å²) in [5, 5.41) is 8.35. The molecule has 4 heteroatoms. The topological polar surface area (TPSA) is 15.3 Å². The number of aromatic nitrogens is 2. The van der Waals surface area contributed by atoms with E-state index < -0.39 is 36.3 Å². The second-order valence-electron chi connectivity index (χ2n) is 27.5. The van der Waals surface area contributed by atoms with Crippen LogP contribution in [0.4, 0.5) is 34.1 Å². The average Bonchev–Trinajstić information content (AvgIpc) is 1.51. The Hall–Kier alpha value is -9.38. The van der Waals surface area contributed by atoms with Gasteiger partial charge in [0.25, 0.3) is 0 Å². The molecule has 0 unspecified atom stereocenters. The molecule has 422 valence electrons. The van der Waals surface area contributed by atoms with Gasteiger partial charge in [0, 0.05) is 65.6 Å². The fourth-order valence-electron chi connectivity index (χ4n) is 13.4. The predicted octanol–water partition coefficient (Wildman–Crippen LogP) is 23.5. The first-order valence-corrected chi connectivity index (χ1v) is 29.9. The molecular weight excluding hydrogens is 1040 g/mol. The minimum absolute atomic E-state index is 0.124. The zero-order valence-corrected chi connectivity index (χ0v) is 51.0. The third kappa shape index (κ3) is 8.31. The number of benzene rings is 11. The van der Waals surface area contributed by atoms with Gasteiger partial charge in [0.15, 0.2) is 0 Å². The van der Waals surface area contributed by atoms with Crippen LogP contribution in [0.25, 0.3) is 98.4 Å². The summed E-state index contributed by atoms with van der Waals surface area (Å²) in [6.45, 7) is 26.6. The van der Waals surface area contributed by atoms with E-state index in [4.69, 9.17) is 8.22 Å². The second-order valence-corrected chi connectivity index (χ2v) is 27.5. The predicted molar refractivity (Wildman–Crippen MR) is 371 cm³/mol. The lowest BCUT2D eigenvalue weighted by atomic mass is 9.86. The molecule has 15 aromatic rings. The van der Waals surface area contributed by atoms with Crippen molar-refractivity contribution < 1.29 is 13.7 Å². The summed E-state index contributed by atoms with van der Waals surface area (Å²) in [6, 6.07) is 56.2. The Morgan fingerprint density at radius 2 is 0.674 bits per heavy atom. The van der Waals surface area contributed by atoms with Crippen LogP contribution in [0.15, 0.2) is 230 Å². The number of fused-ring (bicyclic) bond motifs is 12. The standard InChI is InChI=1S/C82H74N4/c1-79(2,3)53-29-23-31-57(45-53)83(67-35-21-19-33-59(67)51-25-15-13-16-26-51)71-43-39-61-63-49-74-64(50-73(63)85-69-41-37-55(81(7,8)9)47-65(69)75(71)77(61)85)62-40-44-72(76-66-48-56(82(10,11)12)38-42-70(66)86(74)78(62)76)84(58-32-24-30-54(46-58)80(4,5)6)68-36-22-20-34-60(68)52-27-17-14-18-28-52/h13-50H,1-12H3/i13D,14D,15D,16D,17D,18D,25D,26D,27D,28D. The number of hydrogen-bond acceptors (Lipinski definition) is 2. The van der Waals surface area contributed by atoms with E-state index in [9.17, 15) is 5.48 Å². The molecule has 0 spiro atoms. The highest BCUT2D eigenvalue weighted by atomic mass is 15.2. The monoisotopic (exact) mass is 1120 g/mol. The highest BCUT2D eigenvalue weighted by Gasteiger charge is 2.32. The Kier molecular flexibility index (Phi) is 9.59. The number of hydrogen-bond donors (Lipinski definition) is 0. The molecule has 0 atom stereocenters. The van der Waals surface area contributed by atoms with Crippen molar-refractivity contribution in [2.75, 3.05) is 9.80 Å². The number of para-hydroxylation sites is 2. The van der Waals surface area contributed by atoms with Crippen molar-refractivity contribution >= 4 is 110 Å². The van der Waals surface area contributed by atoms with Crippen LogP contribution in [-0.2, 0) is 21.7 Å². The molecule has 0 amide bonds. The largest absolute Gasteiger partial charge is 0.309 e. The lowest BCUT2D eigenvalue weighted by molar-refractivity contribution is 0.590. The molecule has 0 bridgehead atoms. The summed E-state index contributed by atoms with van der Waals surface area (Å²) in [5.41, 5.74) is 15.8. The van der Waals surface area contributed by atoms with Gasteiger partial charge in [-0.25, -0.2) is 0 Å². The van der Waals surface area contributed by atoms with Crippen molar-refractivity contribution in [1.82, 2.24) is 8.80 Å². The Morgan fingerprint density at radius 3 is 1.06 bits per heavy atom. The molecule has 4 nitrogen and oxygen atoms in total. The maximum absolute atomic E-state index is 9.34. The summed E-state index contributed by atoms with van der Waals surface area (Å²) < 4.78 is 94.9. The normalized spacial score (nSPS) is 14.5. The Balaban J connectivity index is 1.06. The third-order valence-corrected chi connectivity index (χ3v) is 17.9. The Bertz CT molecular complexity index is 5380. The van der Waals surface area contributed by atoms with Gasteiger partial charge in [-0.05, 0) is 140 Å². The quantitative estimate of drug-likeness (QED) is 0.151. The second kappa shape index (κ2) is 19.1. The molecule has 86 heavy (non-hydrogen) atoms. The highest BCUT2D eigenvalue weighted by molar-refractivity contribution is 6.32. The maximum Gasteiger partial charge on any atom is 0.0641 e.